The third-order valence-corrected chi connectivity index (χ3v) is 3.51. The number of carboxylic acid groups (broad SMARTS) is 1. The summed E-state index contributed by atoms with van der Waals surface area (Å²) in [4.78, 5) is 11.3. The highest BCUT2D eigenvalue weighted by Crippen LogP contribution is 2.26. The molecule has 0 saturated carbocycles. The summed E-state index contributed by atoms with van der Waals surface area (Å²) in [5.41, 5.74) is 5.41. The number of carboxylic acids is 1. The smallest absolute Gasteiger partial charge is 0.324 e. The van der Waals surface area contributed by atoms with E-state index in [0.717, 1.165) is 12.8 Å². The second-order valence-electron chi connectivity index (χ2n) is 4.48. The highest BCUT2D eigenvalue weighted by atomic mass is 35.5. The largest absolute Gasteiger partial charge is 0.480 e. The van der Waals surface area contributed by atoms with Gasteiger partial charge in [0, 0.05) is 16.5 Å². The second kappa shape index (κ2) is 7.95. The summed E-state index contributed by atoms with van der Waals surface area (Å²) in [6, 6.07) is 5.01. The molecule has 0 unspecified atom stereocenters. The lowest BCUT2D eigenvalue weighted by Crippen LogP contribution is -2.49. The van der Waals surface area contributed by atoms with Crippen LogP contribution in [0.3, 0.4) is 0 Å². The standard InChI is InChI=1S/C13H17Cl2NO2.ClH/c1-2-3-6-13(16,12(17)18)8-9-4-5-10(14)7-11(9)15;/h4-5,7H,2-3,6,8,16H2,1H3,(H,17,18);1H/t13-;/m1./s1. The van der Waals surface area contributed by atoms with Crippen LogP contribution in [0.1, 0.15) is 31.7 Å². The van der Waals surface area contributed by atoms with E-state index in [2.05, 4.69) is 0 Å². The molecule has 3 nitrogen and oxygen atoms in total. The summed E-state index contributed by atoms with van der Waals surface area (Å²) in [5.74, 6) is -0.998. The lowest BCUT2D eigenvalue weighted by Gasteiger charge is -2.25. The SMILES string of the molecule is CCCC[C@@](N)(Cc1ccc(Cl)cc1Cl)C(=O)O.Cl. The van der Waals surface area contributed by atoms with Crippen LogP contribution in [0, 0.1) is 0 Å². The molecule has 0 spiro atoms. The van der Waals surface area contributed by atoms with E-state index in [1.165, 1.54) is 0 Å². The molecule has 19 heavy (non-hydrogen) atoms. The van der Waals surface area contributed by atoms with E-state index in [9.17, 15) is 9.90 Å². The Balaban J connectivity index is 0.00000324. The molecule has 0 aromatic heterocycles. The van der Waals surface area contributed by atoms with Gasteiger partial charge in [0.05, 0.1) is 0 Å². The Kier molecular flexibility index (Phi) is 7.75. The van der Waals surface area contributed by atoms with E-state index in [0.29, 0.717) is 22.0 Å². The van der Waals surface area contributed by atoms with Gasteiger partial charge in [-0.25, -0.2) is 0 Å². The predicted octanol–water partition coefficient (Wildman–Crippen LogP) is 3.93. The first-order chi connectivity index (χ1) is 8.39. The number of nitrogens with two attached hydrogens (primary N) is 1. The van der Waals surface area contributed by atoms with E-state index in [1.54, 1.807) is 18.2 Å². The number of aliphatic carboxylic acids is 1. The van der Waals surface area contributed by atoms with Crippen LogP contribution in [0.15, 0.2) is 18.2 Å². The highest BCUT2D eigenvalue weighted by Gasteiger charge is 2.33. The van der Waals surface area contributed by atoms with Crippen molar-refractivity contribution in [1.82, 2.24) is 0 Å². The number of carbonyl (C=O) groups is 1. The molecule has 1 atom stereocenters. The Hall–Kier alpha value is -0.480. The van der Waals surface area contributed by atoms with Gasteiger partial charge in [-0.15, -0.1) is 12.4 Å². The average Bonchev–Trinajstić information content (AvgIpc) is 2.30. The number of unbranched alkanes of at least 4 members (excludes halogenated alkanes) is 1. The van der Waals surface area contributed by atoms with Gasteiger partial charge >= 0.3 is 5.97 Å². The van der Waals surface area contributed by atoms with Crippen molar-refractivity contribution in [1.29, 1.82) is 0 Å². The third kappa shape index (κ3) is 5.19. The number of rotatable bonds is 6. The zero-order valence-corrected chi connectivity index (χ0v) is 13.0. The van der Waals surface area contributed by atoms with E-state index < -0.39 is 11.5 Å². The maximum atomic E-state index is 11.3. The molecule has 1 aromatic rings. The average molecular weight is 327 g/mol. The van der Waals surface area contributed by atoms with Gasteiger partial charge in [0.1, 0.15) is 5.54 Å². The van der Waals surface area contributed by atoms with Crippen molar-refractivity contribution in [3.8, 4) is 0 Å². The van der Waals surface area contributed by atoms with Crippen molar-refractivity contribution in [2.75, 3.05) is 0 Å². The summed E-state index contributed by atoms with van der Waals surface area (Å²) >= 11 is 11.8. The molecule has 0 heterocycles. The van der Waals surface area contributed by atoms with E-state index in [-0.39, 0.29) is 18.8 Å². The summed E-state index contributed by atoms with van der Waals surface area (Å²) in [6.45, 7) is 2.00. The van der Waals surface area contributed by atoms with Crippen molar-refractivity contribution in [2.45, 2.75) is 38.1 Å². The van der Waals surface area contributed by atoms with Crippen molar-refractivity contribution < 1.29 is 9.90 Å². The molecule has 6 heteroatoms. The van der Waals surface area contributed by atoms with Crippen molar-refractivity contribution in [3.05, 3.63) is 33.8 Å². The van der Waals surface area contributed by atoms with Gasteiger partial charge in [0.2, 0.25) is 0 Å². The van der Waals surface area contributed by atoms with Crippen molar-refractivity contribution in [3.63, 3.8) is 0 Å². The van der Waals surface area contributed by atoms with Crippen LogP contribution in [0.2, 0.25) is 10.0 Å². The lowest BCUT2D eigenvalue weighted by molar-refractivity contribution is -0.143. The topological polar surface area (TPSA) is 63.3 Å². The molecule has 0 saturated heterocycles. The van der Waals surface area contributed by atoms with Crippen molar-refractivity contribution in [2.24, 2.45) is 5.73 Å². The lowest BCUT2D eigenvalue weighted by atomic mass is 9.87. The van der Waals surface area contributed by atoms with Gasteiger partial charge in [0.25, 0.3) is 0 Å². The number of hydrogen-bond acceptors (Lipinski definition) is 2. The normalized spacial score (nSPS) is 13.5. The number of halogens is 3. The van der Waals surface area contributed by atoms with Gasteiger partial charge in [-0.3, -0.25) is 4.79 Å². The van der Waals surface area contributed by atoms with Gasteiger partial charge in [0.15, 0.2) is 0 Å². The highest BCUT2D eigenvalue weighted by molar-refractivity contribution is 6.35. The first-order valence-corrected chi connectivity index (χ1v) is 6.61. The summed E-state index contributed by atoms with van der Waals surface area (Å²) in [6.07, 6.45) is 2.31. The van der Waals surface area contributed by atoms with E-state index in [4.69, 9.17) is 28.9 Å². The van der Waals surface area contributed by atoms with Crippen LogP contribution < -0.4 is 5.73 Å². The minimum atomic E-state index is -1.27. The molecule has 0 bridgehead atoms. The minimum absolute atomic E-state index is 0. The molecule has 0 aliphatic rings. The molecule has 0 amide bonds. The summed E-state index contributed by atoms with van der Waals surface area (Å²) < 4.78 is 0. The fourth-order valence-electron chi connectivity index (χ4n) is 1.77. The molecular formula is C13H18Cl3NO2. The Morgan fingerprint density at radius 1 is 1.42 bits per heavy atom. The van der Waals surface area contributed by atoms with Crippen LogP contribution in [-0.4, -0.2) is 16.6 Å². The zero-order chi connectivity index (χ0) is 13.8. The van der Waals surface area contributed by atoms with Gasteiger partial charge < -0.3 is 10.8 Å². The first-order valence-electron chi connectivity index (χ1n) is 5.85. The number of hydrogen-bond donors (Lipinski definition) is 2. The maximum Gasteiger partial charge on any atom is 0.324 e. The Labute approximate surface area is 129 Å². The van der Waals surface area contributed by atoms with Gasteiger partial charge in [-0.05, 0) is 24.1 Å². The zero-order valence-electron chi connectivity index (χ0n) is 10.7. The fraction of sp³-hybridized carbons (Fsp3) is 0.462. The fourth-order valence-corrected chi connectivity index (χ4v) is 2.24. The second-order valence-corrected chi connectivity index (χ2v) is 5.32. The van der Waals surface area contributed by atoms with Gasteiger partial charge in [-0.2, -0.15) is 0 Å². The molecule has 0 aliphatic carbocycles. The van der Waals surface area contributed by atoms with Gasteiger partial charge in [-0.1, -0.05) is 49.0 Å². The molecule has 0 radical (unpaired) electrons. The summed E-state index contributed by atoms with van der Waals surface area (Å²) in [5, 5.41) is 10.2. The molecule has 108 valence electrons. The van der Waals surface area contributed by atoms with Crippen LogP contribution in [-0.2, 0) is 11.2 Å². The van der Waals surface area contributed by atoms with Crippen LogP contribution in [0.5, 0.6) is 0 Å². The first kappa shape index (κ1) is 18.5. The third-order valence-electron chi connectivity index (χ3n) is 2.92. The molecule has 0 fully saturated rings. The maximum absolute atomic E-state index is 11.3. The molecule has 1 aromatic carbocycles. The van der Waals surface area contributed by atoms with Crippen LogP contribution in [0.25, 0.3) is 0 Å². The predicted molar refractivity (Wildman–Crippen MR) is 81.5 cm³/mol. The molecule has 1 rings (SSSR count). The molecule has 0 aliphatic heterocycles. The summed E-state index contributed by atoms with van der Waals surface area (Å²) in [7, 11) is 0. The van der Waals surface area contributed by atoms with Crippen molar-refractivity contribution >= 4 is 41.6 Å². The monoisotopic (exact) mass is 325 g/mol. The Bertz CT molecular complexity index is 440. The van der Waals surface area contributed by atoms with Crippen LogP contribution in [0.4, 0.5) is 0 Å². The Morgan fingerprint density at radius 3 is 2.53 bits per heavy atom. The molecular weight excluding hydrogens is 309 g/mol. The minimum Gasteiger partial charge on any atom is -0.480 e. The number of benzene rings is 1. The Morgan fingerprint density at radius 2 is 2.05 bits per heavy atom. The van der Waals surface area contributed by atoms with Crippen LogP contribution >= 0.6 is 35.6 Å². The quantitative estimate of drug-likeness (QED) is 0.832. The molecule has 3 N–H and O–H groups in total. The van der Waals surface area contributed by atoms with E-state index >= 15 is 0 Å². The van der Waals surface area contributed by atoms with E-state index in [1.807, 2.05) is 6.92 Å².